The van der Waals surface area contributed by atoms with Gasteiger partial charge >= 0.3 is 5.69 Å². The molecule has 0 unspecified atom stereocenters. The molecule has 0 N–H and O–H groups in total. The molecule has 22 heavy (non-hydrogen) atoms. The topological polar surface area (TPSA) is 93.7 Å². The van der Waals surface area contributed by atoms with Gasteiger partial charge in [-0.1, -0.05) is 6.07 Å². The molecule has 1 aromatic heterocycles. The third-order valence-electron chi connectivity index (χ3n) is 3.34. The van der Waals surface area contributed by atoms with Crippen LogP contribution in [0.25, 0.3) is 0 Å². The zero-order valence-corrected chi connectivity index (χ0v) is 13.3. The molecule has 0 aliphatic carbocycles. The van der Waals surface area contributed by atoms with Crippen LogP contribution in [-0.4, -0.2) is 26.6 Å². The number of nitro benzene ring substituents is 1. The number of rotatable bonds is 5. The van der Waals surface area contributed by atoms with Gasteiger partial charge < -0.3 is 9.32 Å². The lowest BCUT2D eigenvalue weighted by Crippen LogP contribution is -2.19. The van der Waals surface area contributed by atoms with E-state index in [0.717, 1.165) is 11.8 Å². The van der Waals surface area contributed by atoms with Crippen LogP contribution in [0.2, 0.25) is 0 Å². The first-order valence-electron chi connectivity index (χ1n) is 6.43. The number of aryl methyl sites for hydroxylation is 1. The van der Waals surface area contributed by atoms with Crippen molar-refractivity contribution >= 4 is 21.2 Å². The zero-order valence-electron chi connectivity index (χ0n) is 12.4. The van der Waals surface area contributed by atoms with Crippen molar-refractivity contribution in [3.05, 3.63) is 52.0 Å². The van der Waals surface area contributed by atoms with Crippen LogP contribution in [0.1, 0.15) is 11.3 Å². The summed E-state index contributed by atoms with van der Waals surface area (Å²) in [5.41, 5.74) is 0.712. The molecule has 0 atom stereocenters. The maximum atomic E-state index is 11.8. The van der Waals surface area contributed by atoms with Crippen molar-refractivity contribution in [1.82, 2.24) is 0 Å². The second kappa shape index (κ2) is 5.80. The van der Waals surface area contributed by atoms with Crippen LogP contribution in [0.4, 0.5) is 11.4 Å². The van der Waals surface area contributed by atoms with Crippen molar-refractivity contribution in [3.63, 3.8) is 0 Å². The molecular formula is C14H16N2O5S. The SMILES string of the molecule is Cc1occc1CN(C)c1cccc(S(C)(=O)=O)c1[N+](=O)[O-]. The van der Waals surface area contributed by atoms with Crippen LogP contribution < -0.4 is 4.90 Å². The van der Waals surface area contributed by atoms with Gasteiger partial charge in [-0.3, -0.25) is 10.1 Å². The Labute approximate surface area is 128 Å². The number of hydrogen-bond acceptors (Lipinski definition) is 6. The number of sulfone groups is 1. The van der Waals surface area contributed by atoms with E-state index in [4.69, 9.17) is 4.42 Å². The lowest BCUT2D eigenvalue weighted by Gasteiger charge is -2.19. The van der Waals surface area contributed by atoms with Crippen LogP contribution in [0, 0.1) is 17.0 Å². The highest BCUT2D eigenvalue weighted by Crippen LogP contribution is 2.34. The Morgan fingerprint density at radius 2 is 2.00 bits per heavy atom. The van der Waals surface area contributed by atoms with Gasteiger partial charge in [0.1, 0.15) is 16.3 Å². The molecule has 0 radical (unpaired) electrons. The van der Waals surface area contributed by atoms with Crippen LogP contribution in [0.3, 0.4) is 0 Å². The summed E-state index contributed by atoms with van der Waals surface area (Å²) in [5.74, 6) is 0.716. The quantitative estimate of drug-likeness (QED) is 0.619. The molecule has 0 aliphatic heterocycles. The van der Waals surface area contributed by atoms with Gasteiger partial charge in [-0.25, -0.2) is 8.42 Å². The lowest BCUT2D eigenvalue weighted by molar-refractivity contribution is -0.387. The summed E-state index contributed by atoms with van der Waals surface area (Å²) in [7, 11) is -2.02. The van der Waals surface area contributed by atoms with Crippen LogP contribution in [0.5, 0.6) is 0 Å². The van der Waals surface area contributed by atoms with E-state index in [1.54, 1.807) is 31.2 Å². The van der Waals surface area contributed by atoms with E-state index in [2.05, 4.69) is 0 Å². The largest absolute Gasteiger partial charge is 0.469 e. The molecule has 0 amide bonds. The van der Waals surface area contributed by atoms with E-state index < -0.39 is 20.4 Å². The third kappa shape index (κ3) is 3.11. The third-order valence-corrected chi connectivity index (χ3v) is 4.47. The number of anilines is 1. The van der Waals surface area contributed by atoms with Crippen molar-refractivity contribution in [2.45, 2.75) is 18.4 Å². The number of nitrogens with zero attached hydrogens (tertiary/aromatic N) is 2. The van der Waals surface area contributed by atoms with Crippen molar-refractivity contribution in [3.8, 4) is 0 Å². The van der Waals surface area contributed by atoms with Crippen molar-refractivity contribution in [1.29, 1.82) is 0 Å². The molecule has 0 aliphatic rings. The molecule has 118 valence electrons. The zero-order chi connectivity index (χ0) is 16.5. The first-order valence-corrected chi connectivity index (χ1v) is 8.32. The molecule has 1 heterocycles. The lowest BCUT2D eigenvalue weighted by atomic mass is 10.2. The highest BCUT2D eigenvalue weighted by molar-refractivity contribution is 7.90. The molecule has 0 bridgehead atoms. The van der Waals surface area contributed by atoms with Crippen molar-refractivity contribution in [2.24, 2.45) is 0 Å². The van der Waals surface area contributed by atoms with E-state index in [1.165, 1.54) is 18.2 Å². The first kappa shape index (κ1) is 16.0. The number of nitro groups is 1. The summed E-state index contributed by atoms with van der Waals surface area (Å²) >= 11 is 0. The minimum atomic E-state index is -3.69. The molecule has 8 heteroatoms. The minimum absolute atomic E-state index is 0.244. The highest BCUT2D eigenvalue weighted by Gasteiger charge is 2.28. The Morgan fingerprint density at radius 3 is 2.50 bits per heavy atom. The summed E-state index contributed by atoms with van der Waals surface area (Å²) in [5, 5.41) is 11.4. The molecular weight excluding hydrogens is 308 g/mol. The van der Waals surface area contributed by atoms with Gasteiger partial charge in [0, 0.05) is 25.4 Å². The summed E-state index contributed by atoms with van der Waals surface area (Å²) in [6.45, 7) is 2.17. The Kier molecular flexibility index (Phi) is 4.23. The predicted molar refractivity (Wildman–Crippen MR) is 81.8 cm³/mol. The normalized spacial score (nSPS) is 11.4. The average molecular weight is 324 g/mol. The van der Waals surface area contributed by atoms with Gasteiger partial charge in [-0.2, -0.15) is 0 Å². The summed E-state index contributed by atoms with van der Waals surface area (Å²) in [6, 6.07) is 6.05. The monoisotopic (exact) mass is 324 g/mol. The number of furan rings is 1. The van der Waals surface area contributed by atoms with Gasteiger partial charge in [0.2, 0.25) is 0 Å². The Bertz CT molecular complexity index is 810. The van der Waals surface area contributed by atoms with Gasteiger partial charge in [-0.05, 0) is 25.1 Å². The molecule has 0 saturated carbocycles. The van der Waals surface area contributed by atoms with Gasteiger partial charge in [0.05, 0.1) is 11.2 Å². The highest BCUT2D eigenvalue weighted by atomic mass is 32.2. The van der Waals surface area contributed by atoms with Gasteiger partial charge in [0.25, 0.3) is 0 Å². The predicted octanol–water partition coefficient (Wildman–Crippen LogP) is 2.54. The summed E-state index contributed by atoms with van der Waals surface area (Å²) in [6.07, 6.45) is 2.50. The standard InChI is InChI=1S/C14H16N2O5S/c1-10-11(7-8-21-10)9-15(2)12-5-4-6-13(22(3,19)20)14(12)16(17)18/h4-8H,9H2,1-3H3. The molecule has 7 nitrogen and oxygen atoms in total. The second-order valence-electron chi connectivity index (χ2n) is 5.01. The fraction of sp³-hybridized carbons (Fsp3) is 0.286. The number of hydrogen-bond donors (Lipinski definition) is 0. The van der Waals surface area contributed by atoms with E-state index in [9.17, 15) is 18.5 Å². The number of benzene rings is 1. The van der Waals surface area contributed by atoms with Crippen LogP contribution in [0.15, 0.2) is 39.8 Å². The molecule has 0 fully saturated rings. The molecule has 1 aromatic carbocycles. The van der Waals surface area contributed by atoms with E-state index in [-0.39, 0.29) is 10.6 Å². The molecule has 2 aromatic rings. The molecule has 2 rings (SSSR count). The second-order valence-corrected chi connectivity index (χ2v) is 7.00. The summed E-state index contributed by atoms with van der Waals surface area (Å²) < 4.78 is 28.7. The van der Waals surface area contributed by atoms with Crippen molar-refractivity contribution in [2.75, 3.05) is 18.2 Å². The van der Waals surface area contributed by atoms with Gasteiger partial charge in [0.15, 0.2) is 9.84 Å². The van der Waals surface area contributed by atoms with E-state index in [0.29, 0.717) is 12.3 Å². The minimum Gasteiger partial charge on any atom is -0.469 e. The Hall–Kier alpha value is -2.35. The van der Waals surface area contributed by atoms with E-state index >= 15 is 0 Å². The van der Waals surface area contributed by atoms with Gasteiger partial charge in [-0.15, -0.1) is 0 Å². The first-order chi connectivity index (χ1) is 10.2. The van der Waals surface area contributed by atoms with E-state index in [1.807, 2.05) is 0 Å². The summed E-state index contributed by atoms with van der Waals surface area (Å²) in [4.78, 5) is 12.0. The Morgan fingerprint density at radius 1 is 1.32 bits per heavy atom. The average Bonchev–Trinajstić information content (AvgIpc) is 2.82. The molecule has 0 spiro atoms. The number of para-hydroxylation sites is 1. The van der Waals surface area contributed by atoms with Crippen LogP contribution in [-0.2, 0) is 16.4 Å². The smallest absolute Gasteiger partial charge is 0.311 e. The fourth-order valence-corrected chi connectivity index (χ4v) is 3.07. The molecule has 0 saturated heterocycles. The maximum absolute atomic E-state index is 11.8. The maximum Gasteiger partial charge on any atom is 0.311 e. The fourth-order valence-electron chi connectivity index (χ4n) is 2.22. The Balaban J connectivity index is 2.51. The van der Waals surface area contributed by atoms with Crippen molar-refractivity contribution < 1.29 is 17.8 Å². The van der Waals surface area contributed by atoms with Crippen LogP contribution >= 0.6 is 0 Å².